The summed E-state index contributed by atoms with van der Waals surface area (Å²) >= 11 is 0. The van der Waals surface area contributed by atoms with Crippen LogP contribution in [0.4, 0.5) is 0 Å². The molecule has 6 heteroatoms. The molecule has 1 atom stereocenters. The third kappa shape index (κ3) is 4.77. The number of para-hydroxylation sites is 1. The summed E-state index contributed by atoms with van der Waals surface area (Å²) in [7, 11) is 0. The molecule has 2 aromatic carbocycles. The van der Waals surface area contributed by atoms with Gasteiger partial charge in [-0.3, -0.25) is 14.7 Å². The van der Waals surface area contributed by atoms with Crippen molar-refractivity contribution in [3.8, 4) is 5.75 Å². The van der Waals surface area contributed by atoms with Gasteiger partial charge >= 0.3 is 0 Å². The summed E-state index contributed by atoms with van der Waals surface area (Å²) in [5, 5.41) is 11.1. The molecule has 0 aliphatic carbocycles. The number of benzene rings is 2. The Kier molecular flexibility index (Phi) is 6.11. The molecule has 1 aromatic heterocycles. The fraction of sp³-hybridized carbons (Fsp3) is 0.333. The number of aliphatic hydroxyl groups is 1. The van der Waals surface area contributed by atoms with E-state index in [4.69, 9.17) is 4.74 Å². The standard InChI is InChI=1S/C27H29N3O3/c31-26(30-15-12-27(32,13-16-30)23-10-6-14-28-17-23)20-29-18-22-9-4-5-11-24(22)33-25(19-29)21-7-2-1-3-8-21/h1-11,14,17,25,32H,12-13,15-16,18-20H2. The van der Waals surface area contributed by atoms with E-state index in [1.165, 1.54) is 0 Å². The van der Waals surface area contributed by atoms with E-state index in [9.17, 15) is 9.90 Å². The van der Waals surface area contributed by atoms with Crippen molar-refractivity contribution < 1.29 is 14.6 Å². The molecule has 0 bridgehead atoms. The number of ether oxygens (including phenoxy) is 1. The first-order chi connectivity index (χ1) is 16.1. The number of carbonyl (C=O) groups is 1. The summed E-state index contributed by atoms with van der Waals surface area (Å²) in [5.41, 5.74) is 2.10. The Hall–Kier alpha value is -3.22. The zero-order valence-corrected chi connectivity index (χ0v) is 18.6. The van der Waals surface area contributed by atoms with Gasteiger partial charge in [-0.05, 0) is 30.5 Å². The Bertz CT molecular complexity index is 1080. The van der Waals surface area contributed by atoms with Gasteiger partial charge in [-0.25, -0.2) is 0 Å². The third-order valence-electron chi connectivity index (χ3n) is 6.73. The molecule has 1 fully saturated rings. The second-order valence-electron chi connectivity index (χ2n) is 8.95. The van der Waals surface area contributed by atoms with Gasteiger partial charge in [0.25, 0.3) is 0 Å². The van der Waals surface area contributed by atoms with Gasteiger partial charge in [-0.1, -0.05) is 54.6 Å². The number of nitrogens with zero attached hydrogens (tertiary/aromatic N) is 3. The van der Waals surface area contributed by atoms with Crippen LogP contribution in [0.25, 0.3) is 0 Å². The smallest absolute Gasteiger partial charge is 0.236 e. The van der Waals surface area contributed by atoms with Crippen LogP contribution in [0.5, 0.6) is 5.75 Å². The molecule has 5 rings (SSSR count). The number of hydrogen-bond acceptors (Lipinski definition) is 5. The lowest BCUT2D eigenvalue weighted by atomic mass is 9.85. The Balaban J connectivity index is 1.27. The first-order valence-corrected chi connectivity index (χ1v) is 11.5. The SMILES string of the molecule is O=C(CN1Cc2ccccc2OC(c2ccccc2)C1)N1CCC(O)(c2cccnc2)CC1. The highest BCUT2D eigenvalue weighted by Crippen LogP contribution is 2.33. The lowest BCUT2D eigenvalue weighted by Crippen LogP contribution is -2.48. The van der Waals surface area contributed by atoms with Crippen molar-refractivity contribution in [2.24, 2.45) is 0 Å². The number of likely N-dealkylation sites (tertiary alicyclic amines) is 1. The fourth-order valence-electron chi connectivity index (χ4n) is 4.79. The number of fused-ring (bicyclic) bond motifs is 1. The van der Waals surface area contributed by atoms with E-state index < -0.39 is 5.60 Å². The highest BCUT2D eigenvalue weighted by molar-refractivity contribution is 5.78. The number of amides is 1. The zero-order chi connectivity index (χ0) is 22.7. The maximum atomic E-state index is 13.2. The molecule has 1 unspecified atom stereocenters. The molecule has 0 radical (unpaired) electrons. The fourth-order valence-corrected chi connectivity index (χ4v) is 4.79. The van der Waals surface area contributed by atoms with Gasteiger partial charge in [0.2, 0.25) is 5.91 Å². The molecular formula is C27H29N3O3. The number of rotatable bonds is 4. The van der Waals surface area contributed by atoms with Gasteiger partial charge in [0.1, 0.15) is 11.9 Å². The third-order valence-corrected chi connectivity index (χ3v) is 6.73. The average molecular weight is 444 g/mol. The van der Waals surface area contributed by atoms with E-state index in [-0.39, 0.29) is 12.0 Å². The van der Waals surface area contributed by atoms with Gasteiger partial charge in [0, 0.05) is 49.7 Å². The average Bonchev–Trinajstić information content (AvgIpc) is 3.04. The molecule has 0 spiro atoms. The van der Waals surface area contributed by atoms with E-state index in [1.807, 2.05) is 53.4 Å². The number of aromatic nitrogens is 1. The van der Waals surface area contributed by atoms with E-state index in [0.717, 1.165) is 22.4 Å². The highest BCUT2D eigenvalue weighted by Gasteiger charge is 2.36. The summed E-state index contributed by atoms with van der Waals surface area (Å²) in [6.45, 7) is 2.70. The van der Waals surface area contributed by atoms with Crippen LogP contribution in [-0.4, -0.2) is 52.0 Å². The summed E-state index contributed by atoms with van der Waals surface area (Å²) in [4.78, 5) is 21.4. The first-order valence-electron chi connectivity index (χ1n) is 11.5. The Morgan fingerprint density at radius 1 is 1.03 bits per heavy atom. The highest BCUT2D eigenvalue weighted by atomic mass is 16.5. The molecule has 1 amide bonds. The zero-order valence-electron chi connectivity index (χ0n) is 18.6. The molecule has 33 heavy (non-hydrogen) atoms. The molecule has 170 valence electrons. The minimum atomic E-state index is -0.918. The molecule has 0 saturated carbocycles. The lowest BCUT2D eigenvalue weighted by Gasteiger charge is -2.39. The summed E-state index contributed by atoms with van der Waals surface area (Å²) in [6.07, 6.45) is 4.32. The van der Waals surface area contributed by atoms with E-state index in [2.05, 4.69) is 28.1 Å². The molecule has 1 N–H and O–H groups in total. The summed E-state index contributed by atoms with van der Waals surface area (Å²) in [6, 6.07) is 22.0. The number of pyridine rings is 1. The number of piperidine rings is 1. The normalized spacial score (nSPS) is 20.4. The summed E-state index contributed by atoms with van der Waals surface area (Å²) in [5.74, 6) is 0.968. The van der Waals surface area contributed by atoms with Crippen LogP contribution in [0.15, 0.2) is 79.1 Å². The van der Waals surface area contributed by atoms with Crippen LogP contribution < -0.4 is 4.74 Å². The van der Waals surface area contributed by atoms with Crippen molar-refractivity contribution in [3.05, 3.63) is 95.8 Å². The van der Waals surface area contributed by atoms with Gasteiger partial charge in [0.15, 0.2) is 0 Å². The molecule has 2 aliphatic rings. The Morgan fingerprint density at radius 2 is 1.79 bits per heavy atom. The van der Waals surface area contributed by atoms with Gasteiger partial charge in [-0.2, -0.15) is 0 Å². The minimum absolute atomic E-state index is 0.0921. The van der Waals surface area contributed by atoms with Crippen molar-refractivity contribution in [3.63, 3.8) is 0 Å². The van der Waals surface area contributed by atoms with Crippen molar-refractivity contribution >= 4 is 5.91 Å². The molecule has 6 nitrogen and oxygen atoms in total. The van der Waals surface area contributed by atoms with Crippen LogP contribution >= 0.6 is 0 Å². The lowest BCUT2D eigenvalue weighted by molar-refractivity contribution is -0.137. The predicted molar refractivity (Wildman–Crippen MR) is 125 cm³/mol. The largest absolute Gasteiger partial charge is 0.484 e. The van der Waals surface area contributed by atoms with Gasteiger partial charge in [0.05, 0.1) is 12.1 Å². The topological polar surface area (TPSA) is 65.9 Å². The second kappa shape index (κ2) is 9.33. The Labute approximate surface area is 194 Å². The Morgan fingerprint density at radius 3 is 2.55 bits per heavy atom. The molecule has 2 aliphatic heterocycles. The van der Waals surface area contributed by atoms with Crippen LogP contribution in [0.3, 0.4) is 0 Å². The van der Waals surface area contributed by atoms with Crippen LogP contribution in [0.1, 0.15) is 35.6 Å². The predicted octanol–water partition coefficient (Wildman–Crippen LogP) is 3.53. The molecule has 1 saturated heterocycles. The van der Waals surface area contributed by atoms with Gasteiger partial charge in [-0.15, -0.1) is 0 Å². The van der Waals surface area contributed by atoms with Crippen molar-refractivity contribution in [2.45, 2.75) is 31.1 Å². The van der Waals surface area contributed by atoms with Crippen molar-refractivity contribution in [2.75, 3.05) is 26.2 Å². The van der Waals surface area contributed by atoms with Crippen LogP contribution in [0, 0.1) is 0 Å². The van der Waals surface area contributed by atoms with Crippen LogP contribution in [0.2, 0.25) is 0 Å². The quantitative estimate of drug-likeness (QED) is 0.668. The first kappa shape index (κ1) is 21.6. The molecule has 3 heterocycles. The van der Waals surface area contributed by atoms with E-state index in [1.54, 1.807) is 12.4 Å². The van der Waals surface area contributed by atoms with E-state index in [0.29, 0.717) is 45.6 Å². The number of carbonyl (C=O) groups excluding carboxylic acids is 1. The number of hydrogen-bond donors (Lipinski definition) is 1. The summed E-state index contributed by atoms with van der Waals surface area (Å²) < 4.78 is 6.37. The maximum absolute atomic E-state index is 13.2. The van der Waals surface area contributed by atoms with E-state index >= 15 is 0 Å². The second-order valence-corrected chi connectivity index (χ2v) is 8.95. The molecular weight excluding hydrogens is 414 g/mol. The molecule has 3 aromatic rings. The van der Waals surface area contributed by atoms with Crippen molar-refractivity contribution in [1.82, 2.24) is 14.8 Å². The van der Waals surface area contributed by atoms with Crippen molar-refractivity contribution in [1.29, 1.82) is 0 Å². The van der Waals surface area contributed by atoms with Gasteiger partial charge < -0.3 is 14.7 Å². The maximum Gasteiger partial charge on any atom is 0.236 e. The monoisotopic (exact) mass is 443 g/mol. The minimum Gasteiger partial charge on any atom is -0.484 e. The van der Waals surface area contributed by atoms with Crippen LogP contribution in [-0.2, 0) is 16.9 Å².